The minimum atomic E-state index is 0.0278. The van der Waals surface area contributed by atoms with Gasteiger partial charge in [0.25, 0.3) is 0 Å². The Hall–Kier alpha value is -5.86. The highest BCUT2D eigenvalue weighted by molar-refractivity contribution is 6.14. The van der Waals surface area contributed by atoms with Gasteiger partial charge in [0.15, 0.2) is 0 Å². The van der Waals surface area contributed by atoms with Crippen LogP contribution in [0.25, 0.3) is 44.4 Å². The summed E-state index contributed by atoms with van der Waals surface area (Å²) < 4.78 is 0. The van der Waals surface area contributed by atoms with Gasteiger partial charge in [-0.2, -0.15) is 0 Å². The van der Waals surface area contributed by atoms with E-state index < -0.39 is 0 Å². The summed E-state index contributed by atoms with van der Waals surface area (Å²) in [7, 11) is 0. The standard InChI is InChI=1S/C49H42N2/c1-32-21-23-43-44-24-22-38(31-46(44)49(4,5)45(43)26-32)40-28-39(29-41(30-40)42-20-12-18-37-19-13-25-50-48(37)42)33(2)27-47(36-16-10-7-11-17-36)51-34(3)35-14-8-6-9-15-35/h6-31,43,45H,3H2,1-2,4-5H3/b33-27+,51-47?. The SMILES string of the molecule is C=C(N=C(/C=C(\C)c1cc(-c2ccc3c(c2)C(C)(C)C2C=C(C)C=CC32)cc(-c2cccc3cccnc23)c1)c1ccccc1)c1ccccc1. The van der Waals surface area contributed by atoms with Crippen LogP contribution in [-0.4, -0.2) is 10.7 Å². The second-order valence-corrected chi connectivity index (χ2v) is 14.5. The van der Waals surface area contributed by atoms with Gasteiger partial charge in [-0.25, -0.2) is 4.99 Å². The molecule has 1 heterocycles. The number of benzene rings is 5. The highest BCUT2D eigenvalue weighted by atomic mass is 14.8. The smallest absolute Gasteiger partial charge is 0.0780 e. The van der Waals surface area contributed by atoms with Gasteiger partial charge in [0.1, 0.15) is 0 Å². The number of rotatable bonds is 7. The first-order valence-electron chi connectivity index (χ1n) is 17.8. The molecule has 0 N–H and O–H groups in total. The summed E-state index contributed by atoms with van der Waals surface area (Å²) in [6, 6.07) is 45.3. The fourth-order valence-electron chi connectivity index (χ4n) is 7.97. The van der Waals surface area contributed by atoms with E-state index in [1.165, 1.54) is 27.8 Å². The number of pyridine rings is 1. The van der Waals surface area contributed by atoms with Crippen LogP contribution in [0.1, 0.15) is 61.4 Å². The van der Waals surface area contributed by atoms with Crippen LogP contribution in [-0.2, 0) is 5.41 Å². The minimum absolute atomic E-state index is 0.0278. The summed E-state index contributed by atoms with van der Waals surface area (Å²) in [5, 5.41) is 1.13. The molecule has 6 aromatic rings. The van der Waals surface area contributed by atoms with Crippen molar-refractivity contribution >= 4 is 27.9 Å². The molecule has 0 saturated carbocycles. The monoisotopic (exact) mass is 658 g/mol. The van der Waals surface area contributed by atoms with Crippen LogP contribution >= 0.6 is 0 Å². The van der Waals surface area contributed by atoms with Gasteiger partial charge in [-0.05, 0) is 100 Å². The highest BCUT2D eigenvalue weighted by Crippen LogP contribution is 2.54. The largest absolute Gasteiger partial charge is 0.256 e. The van der Waals surface area contributed by atoms with Crippen LogP contribution < -0.4 is 0 Å². The lowest BCUT2D eigenvalue weighted by Gasteiger charge is -2.30. The van der Waals surface area contributed by atoms with Crippen molar-refractivity contribution in [1.29, 1.82) is 0 Å². The number of fused-ring (bicyclic) bond motifs is 4. The number of hydrogen-bond acceptors (Lipinski definition) is 2. The van der Waals surface area contributed by atoms with Crippen molar-refractivity contribution in [3.8, 4) is 22.3 Å². The van der Waals surface area contributed by atoms with Gasteiger partial charge in [0.05, 0.1) is 16.9 Å². The summed E-state index contributed by atoms with van der Waals surface area (Å²) in [6.45, 7) is 13.6. The Bertz CT molecular complexity index is 2420. The van der Waals surface area contributed by atoms with Crippen molar-refractivity contribution in [3.63, 3.8) is 0 Å². The molecule has 1 aromatic heterocycles. The second-order valence-electron chi connectivity index (χ2n) is 14.5. The predicted molar refractivity (Wildman–Crippen MR) is 217 cm³/mol. The molecule has 0 radical (unpaired) electrons. The van der Waals surface area contributed by atoms with E-state index in [9.17, 15) is 0 Å². The summed E-state index contributed by atoms with van der Waals surface area (Å²) in [5.74, 6) is 0.880. The van der Waals surface area contributed by atoms with E-state index in [2.05, 4.69) is 156 Å². The van der Waals surface area contributed by atoms with Gasteiger partial charge in [0, 0.05) is 28.6 Å². The van der Waals surface area contributed by atoms with E-state index in [1.54, 1.807) is 0 Å². The van der Waals surface area contributed by atoms with Gasteiger partial charge in [0.2, 0.25) is 0 Å². The molecular weight excluding hydrogens is 617 g/mol. The molecule has 0 aliphatic heterocycles. The zero-order valence-electron chi connectivity index (χ0n) is 29.8. The van der Waals surface area contributed by atoms with Crippen molar-refractivity contribution in [3.05, 3.63) is 198 Å². The number of hydrogen-bond donors (Lipinski definition) is 0. The lowest BCUT2D eigenvalue weighted by atomic mass is 9.73. The molecule has 0 fully saturated rings. The Balaban J connectivity index is 1.29. The maximum atomic E-state index is 5.11. The number of nitrogens with zero attached hydrogens (tertiary/aromatic N) is 2. The first-order chi connectivity index (χ1) is 24.8. The van der Waals surface area contributed by atoms with Crippen molar-refractivity contribution in [2.75, 3.05) is 0 Å². The maximum absolute atomic E-state index is 5.11. The van der Waals surface area contributed by atoms with E-state index in [-0.39, 0.29) is 5.41 Å². The molecule has 0 bridgehead atoms. The first-order valence-corrected chi connectivity index (χ1v) is 17.8. The molecule has 0 saturated heterocycles. The fraction of sp³-hybridized carbons (Fsp3) is 0.143. The van der Waals surface area contributed by atoms with Crippen molar-refractivity contribution in [2.24, 2.45) is 10.9 Å². The van der Waals surface area contributed by atoms with Crippen LogP contribution in [0.2, 0.25) is 0 Å². The Labute approximate surface area is 302 Å². The molecule has 5 aromatic carbocycles. The van der Waals surface area contributed by atoms with Crippen molar-refractivity contribution in [1.82, 2.24) is 4.98 Å². The first kappa shape index (κ1) is 32.4. The van der Waals surface area contributed by atoms with E-state index in [4.69, 9.17) is 9.98 Å². The van der Waals surface area contributed by atoms with Gasteiger partial charge >= 0.3 is 0 Å². The quantitative estimate of drug-likeness (QED) is 0.157. The Morgan fingerprint density at radius 2 is 1.47 bits per heavy atom. The van der Waals surface area contributed by atoms with Gasteiger partial charge in [-0.15, -0.1) is 0 Å². The van der Waals surface area contributed by atoms with E-state index in [1.807, 2.05) is 36.5 Å². The summed E-state index contributed by atoms with van der Waals surface area (Å²) in [4.78, 5) is 9.95. The summed E-state index contributed by atoms with van der Waals surface area (Å²) in [5.41, 5.74) is 15.9. The molecule has 2 atom stereocenters. The Morgan fingerprint density at radius 1 is 0.745 bits per heavy atom. The van der Waals surface area contributed by atoms with Gasteiger partial charge in [-0.1, -0.05) is 147 Å². The topological polar surface area (TPSA) is 25.2 Å². The van der Waals surface area contributed by atoms with Crippen LogP contribution in [0, 0.1) is 5.92 Å². The third kappa shape index (κ3) is 6.12. The molecule has 0 amide bonds. The van der Waals surface area contributed by atoms with E-state index >= 15 is 0 Å². The highest BCUT2D eigenvalue weighted by Gasteiger charge is 2.44. The third-order valence-corrected chi connectivity index (χ3v) is 10.8. The molecule has 2 heteroatoms. The lowest BCUT2D eigenvalue weighted by Crippen LogP contribution is -2.25. The number of aromatic nitrogens is 1. The Kier molecular flexibility index (Phi) is 8.32. The molecule has 2 unspecified atom stereocenters. The third-order valence-electron chi connectivity index (χ3n) is 10.8. The van der Waals surface area contributed by atoms with Gasteiger partial charge < -0.3 is 0 Å². The van der Waals surface area contributed by atoms with Crippen molar-refractivity contribution < 1.29 is 0 Å². The minimum Gasteiger partial charge on any atom is -0.256 e. The maximum Gasteiger partial charge on any atom is 0.0780 e. The normalized spacial score (nSPS) is 17.9. The molecule has 0 spiro atoms. The zero-order chi connectivity index (χ0) is 35.1. The summed E-state index contributed by atoms with van der Waals surface area (Å²) in [6.07, 6.45) is 11.3. The van der Waals surface area contributed by atoms with Crippen LogP contribution in [0.3, 0.4) is 0 Å². The molecule has 51 heavy (non-hydrogen) atoms. The van der Waals surface area contributed by atoms with Crippen LogP contribution in [0.15, 0.2) is 175 Å². The lowest BCUT2D eigenvalue weighted by molar-refractivity contribution is 0.392. The number of allylic oxidation sites excluding steroid dienone is 6. The average molecular weight is 659 g/mol. The molecular formula is C49H42N2. The molecule has 2 aliphatic rings. The molecule has 248 valence electrons. The second kappa shape index (κ2) is 13.1. The molecule has 2 aliphatic carbocycles. The molecule has 2 nitrogen and oxygen atoms in total. The summed E-state index contributed by atoms with van der Waals surface area (Å²) >= 11 is 0. The fourth-order valence-corrected chi connectivity index (χ4v) is 7.97. The van der Waals surface area contributed by atoms with E-state index in [0.717, 1.165) is 55.7 Å². The van der Waals surface area contributed by atoms with E-state index in [0.29, 0.717) is 11.8 Å². The Morgan fingerprint density at radius 3 is 2.25 bits per heavy atom. The predicted octanol–water partition coefficient (Wildman–Crippen LogP) is 12.6. The number of aliphatic imine (C=N–C) groups is 1. The molecule has 8 rings (SSSR count). The van der Waals surface area contributed by atoms with Crippen molar-refractivity contribution in [2.45, 2.75) is 39.0 Å². The average Bonchev–Trinajstić information content (AvgIpc) is 3.39. The number of para-hydroxylation sites is 1. The van der Waals surface area contributed by atoms with Crippen LogP contribution in [0.5, 0.6) is 0 Å². The van der Waals surface area contributed by atoms with Crippen LogP contribution in [0.4, 0.5) is 0 Å². The zero-order valence-corrected chi connectivity index (χ0v) is 29.8. The van der Waals surface area contributed by atoms with Gasteiger partial charge in [-0.3, -0.25) is 4.98 Å².